The van der Waals surface area contributed by atoms with Crippen LogP contribution >= 0.6 is 0 Å². The van der Waals surface area contributed by atoms with Crippen LogP contribution in [0.15, 0.2) is 24.3 Å². The van der Waals surface area contributed by atoms with Crippen molar-refractivity contribution in [3.05, 3.63) is 35.4 Å². The van der Waals surface area contributed by atoms with Crippen LogP contribution in [0, 0.1) is 0 Å². The van der Waals surface area contributed by atoms with E-state index in [1.54, 1.807) is 9.80 Å². The predicted octanol–water partition coefficient (Wildman–Crippen LogP) is 2.89. The molecule has 1 aliphatic carbocycles. The lowest BCUT2D eigenvalue weighted by molar-refractivity contribution is -0.135. The Morgan fingerprint density at radius 3 is 2.52 bits per heavy atom. The van der Waals surface area contributed by atoms with E-state index in [2.05, 4.69) is 11.4 Å². The number of carbonyl (C=O) groups is 4. The fourth-order valence-corrected chi connectivity index (χ4v) is 5.05. The molecule has 2 fully saturated rings. The molecule has 4 amide bonds. The normalized spacial score (nSPS) is 23.9. The minimum atomic E-state index is -0.643. The van der Waals surface area contributed by atoms with Crippen molar-refractivity contribution in [3.63, 3.8) is 0 Å². The van der Waals surface area contributed by atoms with Gasteiger partial charge >= 0.3 is 6.09 Å². The number of nitrogens with one attached hydrogen (secondary N) is 1. The van der Waals surface area contributed by atoms with Gasteiger partial charge < -0.3 is 9.64 Å². The molecule has 1 saturated carbocycles. The number of ether oxygens (including phenoxy) is 1. The van der Waals surface area contributed by atoms with Gasteiger partial charge in [0.05, 0.1) is 5.41 Å². The van der Waals surface area contributed by atoms with Gasteiger partial charge in [-0.2, -0.15) is 0 Å². The molecule has 174 valence electrons. The second-order valence-electron chi connectivity index (χ2n) is 10.4. The van der Waals surface area contributed by atoms with Crippen LogP contribution in [0.1, 0.15) is 64.0 Å². The van der Waals surface area contributed by atoms with E-state index in [1.807, 2.05) is 39.0 Å². The summed E-state index contributed by atoms with van der Waals surface area (Å²) in [5, 5.41) is 2.37. The molecule has 8 nitrogen and oxygen atoms in total. The lowest BCUT2D eigenvalue weighted by Crippen LogP contribution is -2.54. The van der Waals surface area contributed by atoms with Gasteiger partial charge in [0, 0.05) is 25.2 Å². The Balaban J connectivity index is 1.39. The highest BCUT2D eigenvalue weighted by molar-refractivity contribution is 6.15. The van der Waals surface area contributed by atoms with Gasteiger partial charge in [0.1, 0.15) is 11.6 Å². The lowest BCUT2D eigenvalue weighted by Gasteiger charge is -2.30. The van der Waals surface area contributed by atoms with Crippen LogP contribution in [0.4, 0.5) is 10.5 Å². The number of amides is 4. The molecule has 0 radical (unpaired) electrons. The maximum Gasteiger partial charge on any atom is 0.410 e. The summed E-state index contributed by atoms with van der Waals surface area (Å²) in [5.74, 6) is -0.716. The number of rotatable bonds is 2. The fraction of sp³-hybridized carbons (Fsp3) is 0.520. The zero-order valence-electron chi connectivity index (χ0n) is 19.3. The number of nitrogens with zero attached hydrogens (tertiary/aromatic N) is 2. The molecule has 1 atom stereocenters. The minimum Gasteiger partial charge on any atom is -0.444 e. The molecule has 1 saturated heterocycles. The quantitative estimate of drug-likeness (QED) is 0.698. The summed E-state index contributed by atoms with van der Waals surface area (Å²) < 4.78 is 5.47. The van der Waals surface area contributed by atoms with E-state index >= 15 is 0 Å². The molecule has 1 spiro atoms. The van der Waals surface area contributed by atoms with E-state index in [-0.39, 0.29) is 24.3 Å². The van der Waals surface area contributed by atoms with Crippen LogP contribution in [0.5, 0.6) is 0 Å². The average molecular weight is 452 g/mol. The van der Waals surface area contributed by atoms with E-state index in [9.17, 15) is 19.2 Å². The molecule has 0 aromatic heterocycles. The third kappa shape index (κ3) is 3.71. The second-order valence-corrected chi connectivity index (χ2v) is 10.4. The number of fused-ring (bicyclic) bond motifs is 2. The van der Waals surface area contributed by atoms with Crippen molar-refractivity contribution in [3.8, 4) is 0 Å². The maximum absolute atomic E-state index is 13.4. The number of piperidine rings is 1. The van der Waals surface area contributed by atoms with Gasteiger partial charge in [-0.1, -0.05) is 12.1 Å². The van der Waals surface area contributed by atoms with Gasteiger partial charge in [-0.25, -0.2) is 4.79 Å². The summed E-state index contributed by atoms with van der Waals surface area (Å²) in [6, 6.07) is 5.36. The molecule has 8 heteroatoms. The van der Waals surface area contributed by atoms with Gasteiger partial charge in [0.15, 0.2) is 0 Å². The standard InChI is InChI=1S/C25H29N3O5/c1-24(2,3)33-23(32)27-12-8-15(9-13-27)16-4-5-18-17(14-16)25(10-11-25)22(31)28(18)19-6-7-20(29)26-21(19)30/h4-5,8,14,19H,6-7,9-13H2,1-3H3,(H,26,29,30). The van der Waals surface area contributed by atoms with Crippen LogP contribution in [0.2, 0.25) is 0 Å². The molecular formula is C25H29N3O5. The largest absolute Gasteiger partial charge is 0.444 e. The van der Waals surface area contributed by atoms with Crippen molar-refractivity contribution < 1.29 is 23.9 Å². The van der Waals surface area contributed by atoms with Gasteiger partial charge in [0.2, 0.25) is 17.7 Å². The number of hydrogen-bond acceptors (Lipinski definition) is 5. The second kappa shape index (κ2) is 7.43. The zero-order chi connectivity index (χ0) is 23.5. The first-order valence-corrected chi connectivity index (χ1v) is 11.6. The smallest absolute Gasteiger partial charge is 0.410 e. The van der Waals surface area contributed by atoms with Gasteiger partial charge in [-0.15, -0.1) is 0 Å². The van der Waals surface area contributed by atoms with E-state index in [0.717, 1.165) is 35.2 Å². The third-order valence-corrected chi connectivity index (χ3v) is 6.90. The van der Waals surface area contributed by atoms with Gasteiger partial charge in [-0.3, -0.25) is 24.6 Å². The Morgan fingerprint density at radius 1 is 1.15 bits per heavy atom. The number of imide groups is 1. The van der Waals surface area contributed by atoms with Crippen molar-refractivity contribution in [2.75, 3.05) is 18.0 Å². The third-order valence-electron chi connectivity index (χ3n) is 6.90. The van der Waals surface area contributed by atoms with E-state index < -0.39 is 23.0 Å². The van der Waals surface area contributed by atoms with E-state index in [0.29, 0.717) is 25.9 Å². The van der Waals surface area contributed by atoms with Crippen LogP contribution < -0.4 is 10.2 Å². The summed E-state index contributed by atoms with van der Waals surface area (Å²) in [6.45, 7) is 6.62. The molecule has 3 heterocycles. The Labute approximate surface area is 192 Å². The van der Waals surface area contributed by atoms with Crippen molar-refractivity contribution in [2.24, 2.45) is 0 Å². The Kier molecular flexibility index (Phi) is 4.88. The molecule has 1 aromatic carbocycles. The molecule has 1 aromatic rings. The summed E-state index contributed by atoms with van der Waals surface area (Å²) in [7, 11) is 0. The number of benzene rings is 1. The van der Waals surface area contributed by atoms with Crippen LogP contribution in [0.25, 0.3) is 5.57 Å². The van der Waals surface area contributed by atoms with Crippen molar-refractivity contribution in [2.45, 2.75) is 69.9 Å². The first-order chi connectivity index (χ1) is 15.6. The first kappa shape index (κ1) is 21.7. The Bertz CT molecular complexity index is 1100. The summed E-state index contributed by atoms with van der Waals surface area (Å²) in [4.78, 5) is 53.1. The monoisotopic (exact) mass is 451 g/mol. The van der Waals surface area contributed by atoms with E-state index in [1.165, 1.54) is 0 Å². The molecule has 4 aliphatic rings. The van der Waals surface area contributed by atoms with Crippen molar-refractivity contribution >= 4 is 35.1 Å². The number of hydrogen-bond donors (Lipinski definition) is 1. The zero-order valence-corrected chi connectivity index (χ0v) is 19.3. The first-order valence-electron chi connectivity index (χ1n) is 11.6. The van der Waals surface area contributed by atoms with Crippen LogP contribution in [0.3, 0.4) is 0 Å². The van der Waals surface area contributed by atoms with Crippen LogP contribution in [-0.4, -0.2) is 53.4 Å². The minimum absolute atomic E-state index is 0.0297. The highest BCUT2D eigenvalue weighted by Crippen LogP contribution is 2.58. The Morgan fingerprint density at radius 2 is 1.91 bits per heavy atom. The number of anilines is 1. The molecule has 5 rings (SSSR count). The highest BCUT2D eigenvalue weighted by atomic mass is 16.6. The number of carbonyl (C=O) groups excluding carboxylic acids is 4. The summed E-state index contributed by atoms with van der Waals surface area (Å²) >= 11 is 0. The average Bonchev–Trinajstić information content (AvgIpc) is 3.52. The Hall–Kier alpha value is -3.16. The van der Waals surface area contributed by atoms with Gasteiger partial charge in [-0.05, 0) is 75.3 Å². The molecule has 0 bridgehead atoms. The summed E-state index contributed by atoms with van der Waals surface area (Å²) in [5.41, 5.74) is 2.88. The lowest BCUT2D eigenvalue weighted by atomic mass is 9.92. The molecular weight excluding hydrogens is 422 g/mol. The molecule has 3 aliphatic heterocycles. The SMILES string of the molecule is CC(C)(C)OC(=O)N1CC=C(c2ccc3c(c2)C2(CC2)C(=O)N3C2CCC(=O)NC2=O)CC1. The predicted molar refractivity (Wildman–Crippen MR) is 121 cm³/mol. The van der Waals surface area contributed by atoms with Crippen LogP contribution in [-0.2, 0) is 24.5 Å². The topological polar surface area (TPSA) is 96.0 Å². The summed E-state index contributed by atoms with van der Waals surface area (Å²) in [6.07, 6.45) is 4.57. The molecule has 1 unspecified atom stereocenters. The van der Waals surface area contributed by atoms with Gasteiger partial charge in [0.25, 0.3) is 0 Å². The molecule has 33 heavy (non-hydrogen) atoms. The van der Waals surface area contributed by atoms with Crippen molar-refractivity contribution in [1.29, 1.82) is 0 Å². The highest BCUT2D eigenvalue weighted by Gasteiger charge is 2.61. The van der Waals surface area contributed by atoms with Crippen molar-refractivity contribution in [1.82, 2.24) is 10.2 Å². The van der Waals surface area contributed by atoms with E-state index in [4.69, 9.17) is 4.74 Å². The molecule has 1 N–H and O–H groups in total. The maximum atomic E-state index is 13.4. The fourth-order valence-electron chi connectivity index (χ4n) is 5.05.